The van der Waals surface area contributed by atoms with Crippen LogP contribution >= 0.6 is 0 Å². The predicted molar refractivity (Wildman–Crippen MR) is 254 cm³/mol. The maximum atomic E-state index is 2.58. The molecule has 3 heteroatoms. The number of hydrogen-bond donors (Lipinski definition) is 0. The van der Waals surface area contributed by atoms with Gasteiger partial charge < -0.3 is 0 Å². The summed E-state index contributed by atoms with van der Waals surface area (Å²) in [5.41, 5.74) is 17.7. The van der Waals surface area contributed by atoms with Gasteiger partial charge in [-0.3, -0.25) is 0 Å². The molecule has 0 unspecified atom stereocenters. The third kappa shape index (κ3) is 5.19. The molecule has 3 heterocycles. The van der Waals surface area contributed by atoms with Gasteiger partial charge in [0.2, 0.25) is 0 Å². The molecule has 12 rings (SSSR count). The van der Waals surface area contributed by atoms with E-state index in [4.69, 9.17) is 0 Å². The molecule has 2 nitrogen and oxygen atoms in total. The molecule has 278 valence electrons. The van der Waals surface area contributed by atoms with Crippen molar-refractivity contribution < 1.29 is 0 Å². The molecule has 0 amide bonds. The van der Waals surface area contributed by atoms with E-state index in [0.717, 1.165) is 0 Å². The molecule has 0 N–H and O–H groups in total. The molecule has 1 aliphatic heterocycles. The third-order valence-electron chi connectivity index (χ3n) is 12.9. The summed E-state index contributed by atoms with van der Waals surface area (Å²) in [6.45, 7) is 0. The van der Waals surface area contributed by atoms with Crippen molar-refractivity contribution in [2.24, 2.45) is 0 Å². The number of benzene rings is 9. The van der Waals surface area contributed by atoms with E-state index in [1.807, 2.05) is 0 Å². The fourth-order valence-electron chi connectivity index (χ4n) is 10.1. The summed E-state index contributed by atoms with van der Waals surface area (Å²) in [6.07, 6.45) is 0. The first-order valence-corrected chi connectivity index (χ1v) is 26.9. The second kappa shape index (κ2) is 13.1. The summed E-state index contributed by atoms with van der Waals surface area (Å²) in [7, 11) is 0. The van der Waals surface area contributed by atoms with Crippen molar-refractivity contribution >= 4 is 65.7 Å². The topological polar surface area (TPSA) is 9.86 Å². The molecule has 0 fully saturated rings. The Bertz CT molecular complexity index is 3450. The molecule has 0 atom stereocenters. The Morgan fingerprint density at radius 1 is 0.305 bits per heavy atom. The van der Waals surface area contributed by atoms with Crippen molar-refractivity contribution in [3.8, 4) is 55.9 Å². The molecule has 2 aromatic heterocycles. The van der Waals surface area contributed by atoms with Gasteiger partial charge >= 0.3 is 330 Å². The molecular weight excluding hydrogens is 773 g/mol. The van der Waals surface area contributed by atoms with Gasteiger partial charge in [-0.05, 0) is 0 Å². The van der Waals surface area contributed by atoms with Crippen LogP contribution in [-0.4, -0.2) is 22.4 Å². The number of aromatic nitrogens is 2. The molecular formula is C56H40GeN2. The zero-order chi connectivity index (χ0) is 39.2. The molecule has 0 aliphatic carbocycles. The first kappa shape index (κ1) is 34.2. The molecule has 0 radical (unpaired) electrons. The van der Waals surface area contributed by atoms with Gasteiger partial charge in [0.05, 0.1) is 0 Å². The van der Waals surface area contributed by atoms with E-state index in [0.29, 0.717) is 0 Å². The van der Waals surface area contributed by atoms with E-state index in [9.17, 15) is 0 Å². The summed E-state index contributed by atoms with van der Waals surface area (Å²) in [4.78, 5) is 0. The standard InChI is InChI=1S/C56H40GeN2/c1-57(2)50-34-39(40-26-31-47-49-33-38(37-15-6-3-7-16-37)28-32-53(49)59(55(47)36-40)43-19-10-5-11-20-43)25-29-45(50)46-30-27-41(35-51(46)57)44-22-14-24-54-56(44)48-21-12-13-23-52(48)58(54)42-17-8-4-9-18-42/h3-36H,1-2H3. The Morgan fingerprint density at radius 3 is 1.56 bits per heavy atom. The Balaban J connectivity index is 0.974. The number of para-hydroxylation sites is 3. The van der Waals surface area contributed by atoms with Gasteiger partial charge in [0.25, 0.3) is 0 Å². The number of fused-ring (bicyclic) bond motifs is 9. The molecule has 1 aliphatic rings. The normalized spacial score (nSPS) is 13.1. The summed E-state index contributed by atoms with van der Waals surface area (Å²) < 4.78 is 7.98. The second-order valence-electron chi connectivity index (χ2n) is 16.5. The molecule has 0 saturated heterocycles. The summed E-state index contributed by atoms with van der Waals surface area (Å²) in [6, 6.07) is 76.6. The van der Waals surface area contributed by atoms with E-state index in [1.165, 1.54) is 99.5 Å². The van der Waals surface area contributed by atoms with Gasteiger partial charge in [-0.15, -0.1) is 0 Å². The third-order valence-corrected chi connectivity index (χ3v) is 20.3. The zero-order valence-electron chi connectivity index (χ0n) is 33.0. The van der Waals surface area contributed by atoms with Gasteiger partial charge in [0.15, 0.2) is 0 Å². The van der Waals surface area contributed by atoms with Gasteiger partial charge in [-0.1, -0.05) is 18.2 Å². The Morgan fingerprint density at radius 2 is 0.831 bits per heavy atom. The van der Waals surface area contributed by atoms with Crippen molar-refractivity contribution in [2.45, 2.75) is 11.5 Å². The predicted octanol–water partition coefficient (Wildman–Crippen LogP) is 13.7. The maximum absolute atomic E-state index is 2.73. The Kier molecular flexibility index (Phi) is 7.57. The number of hydrogen-bond acceptors (Lipinski definition) is 0. The van der Waals surface area contributed by atoms with Crippen LogP contribution in [0.1, 0.15) is 0 Å². The fourth-order valence-corrected chi connectivity index (χ4v) is 16.6. The quantitative estimate of drug-likeness (QED) is 0.153. The second-order valence-corrected chi connectivity index (χ2v) is 25.6. The van der Waals surface area contributed by atoms with Crippen LogP contribution in [0.4, 0.5) is 0 Å². The minimum atomic E-state index is -2.73. The van der Waals surface area contributed by atoms with Gasteiger partial charge in [0.1, 0.15) is 0 Å². The van der Waals surface area contributed by atoms with E-state index < -0.39 is 13.3 Å². The first-order chi connectivity index (χ1) is 29.0. The van der Waals surface area contributed by atoms with Crippen LogP contribution in [-0.2, 0) is 0 Å². The average molecular weight is 814 g/mol. The molecule has 0 saturated carbocycles. The summed E-state index contributed by atoms with van der Waals surface area (Å²) in [5.74, 6) is 5.17. The van der Waals surface area contributed by atoms with Gasteiger partial charge in [-0.2, -0.15) is 0 Å². The number of rotatable bonds is 5. The van der Waals surface area contributed by atoms with Crippen LogP contribution in [0.2, 0.25) is 11.5 Å². The Hall–Kier alpha value is -6.88. The summed E-state index contributed by atoms with van der Waals surface area (Å²) in [5, 5.41) is 5.14. The van der Waals surface area contributed by atoms with E-state index in [2.05, 4.69) is 227 Å². The van der Waals surface area contributed by atoms with Crippen LogP contribution in [0.15, 0.2) is 206 Å². The van der Waals surface area contributed by atoms with E-state index in [1.54, 1.807) is 8.79 Å². The minimum absolute atomic E-state index is 1.17. The molecule has 59 heavy (non-hydrogen) atoms. The molecule has 11 aromatic rings. The SMILES string of the molecule is [CH3][Ge]1([CH3])[c]2cc(-c3ccc4c5cc(-c6ccccc6)ccc5n(-c5ccccc5)c4c3)ccc2-c2ccc(-c3cccc4c3c3ccccc3n4-c3ccccc3)c[c]21. The van der Waals surface area contributed by atoms with Crippen molar-refractivity contribution in [1.29, 1.82) is 0 Å². The van der Waals surface area contributed by atoms with Gasteiger partial charge in [0, 0.05) is 0 Å². The fraction of sp³-hybridized carbons (Fsp3) is 0.0357. The van der Waals surface area contributed by atoms with Gasteiger partial charge in [-0.25, -0.2) is 0 Å². The summed E-state index contributed by atoms with van der Waals surface area (Å²) >= 11 is -2.73. The monoisotopic (exact) mass is 814 g/mol. The van der Waals surface area contributed by atoms with E-state index >= 15 is 0 Å². The van der Waals surface area contributed by atoms with E-state index in [-0.39, 0.29) is 0 Å². The molecule has 9 aromatic carbocycles. The Labute approximate surface area is 346 Å². The first-order valence-electron chi connectivity index (χ1n) is 20.6. The van der Waals surface area contributed by atoms with Crippen LogP contribution < -0.4 is 8.79 Å². The van der Waals surface area contributed by atoms with Crippen molar-refractivity contribution in [2.75, 3.05) is 0 Å². The van der Waals surface area contributed by atoms with Crippen molar-refractivity contribution in [3.05, 3.63) is 206 Å². The average Bonchev–Trinajstić information content (AvgIpc) is 3.89. The van der Waals surface area contributed by atoms with Crippen LogP contribution in [0.3, 0.4) is 0 Å². The van der Waals surface area contributed by atoms with Crippen LogP contribution in [0.5, 0.6) is 0 Å². The number of nitrogens with zero attached hydrogens (tertiary/aromatic N) is 2. The van der Waals surface area contributed by atoms with Crippen molar-refractivity contribution in [1.82, 2.24) is 9.13 Å². The van der Waals surface area contributed by atoms with Crippen molar-refractivity contribution in [3.63, 3.8) is 0 Å². The van der Waals surface area contributed by atoms with Crippen LogP contribution in [0, 0.1) is 0 Å². The molecule has 0 bridgehead atoms. The molecule has 0 spiro atoms. The zero-order valence-corrected chi connectivity index (χ0v) is 35.1. The van der Waals surface area contributed by atoms with Crippen LogP contribution in [0.25, 0.3) is 99.5 Å².